The summed E-state index contributed by atoms with van der Waals surface area (Å²) in [5.41, 5.74) is 0. The molecule has 1 N–H and O–H groups in total. The Morgan fingerprint density at radius 3 is 2.00 bits per heavy atom. The quantitative estimate of drug-likeness (QED) is 0.387. The van der Waals surface area contributed by atoms with Gasteiger partial charge >= 0.3 is 29.6 Å². The largest absolute Gasteiger partial charge is 1.00 e. The van der Waals surface area contributed by atoms with Gasteiger partial charge in [0.15, 0.2) is 0 Å². The topological polar surface area (TPSA) is 69.2 Å². The van der Waals surface area contributed by atoms with Gasteiger partial charge in [-0.2, -0.15) is 0 Å². The molecule has 0 spiro atoms. The van der Waals surface area contributed by atoms with Crippen molar-refractivity contribution in [3.05, 3.63) is 0 Å². The standard InChI is InChI=1S/C16H31NO3.Na/c1-4-5-6-7-8-9-10-11-15(18)17-14(16(19)20)12-13(2)3;/h13-14H,4-12H2,1-3H3,(H,17,18)(H,19,20);/q;+1/p-1. The minimum absolute atomic E-state index is 0. The molecule has 0 bridgehead atoms. The van der Waals surface area contributed by atoms with Gasteiger partial charge in [-0.15, -0.1) is 0 Å². The van der Waals surface area contributed by atoms with E-state index in [2.05, 4.69) is 12.2 Å². The summed E-state index contributed by atoms with van der Waals surface area (Å²) in [5.74, 6) is -1.14. The molecule has 0 fully saturated rings. The summed E-state index contributed by atoms with van der Waals surface area (Å²) in [5, 5.41) is 13.5. The number of carboxylic acid groups (broad SMARTS) is 1. The summed E-state index contributed by atoms with van der Waals surface area (Å²) >= 11 is 0. The molecule has 1 unspecified atom stereocenters. The average Bonchev–Trinajstić information content (AvgIpc) is 2.36. The van der Waals surface area contributed by atoms with E-state index in [0.29, 0.717) is 12.8 Å². The van der Waals surface area contributed by atoms with Crippen LogP contribution >= 0.6 is 0 Å². The van der Waals surface area contributed by atoms with Crippen LogP contribution in [0.2, 0.25) is 0 Å². The van der Waals surface area contributed by atoms with Gasteiger partial charge < -0.3 is 15.2 Å². The number of amides is 1. The first-order valence-electron chi connectivity index (χ1n) is 7.97. The van der Waals surface area contributed by atoms with Crippen LogP contribution in [-0.2, 0) is 9.59 Å². The van der Waals surface area contributed by atoms with Gasteiger partial charge in [0, 0.05) is 6.42 Å². The maximum atomic E-state index is 11.7. The van der Waals surface area contributed by atoms with Crippen LogP contribution in [0.5, 0.6) is 0 Å². The fourth-order valence-corrected chi connectivity index (χ4v) is 2.19. The molecule has 1 amide bonds. The number of nitrogens with one attached hydrogen (secondary N) is 1. The van der Waals surface area contributed by atoms with Crippen molar-refractivity contribution in [2.24, 2.45) is 5.92 Å². The number of hydrogen-bond acceptors (Lipinski definition) is 3. The summed E-state index contributed by atoms with van der Waals surface area (Å²) in [6.07, 6.45) is 8.88. The number of rotatable bonds is 12. The van der Waals surface area contributed by atoms with Crippen molar-refractivity contribution < 1.29 is 44.3 Å². The monoisotopic (exact) mass is 307 g/mol. The molecule has 0 aromatic rings. The Kier molecular flexibility index (Phi) is 16.4. The second-order valence-corrected chi connectivity index (χ2v) is 5.94. The Hall–Kier alpha value is -0.0600. The van der Waals surface area contributed by atoms with Crippen molar-refractivity contribution in [2.75, 3.05) is 0 Å². The molecule has 0 aliphatic rings. The van der Waals surface area contributed by atoms with E-state index in [9.17, 15) is 14.7 Å². The van der Waals surface area contributed by atoms with Gasteiger partial charge in [0.05, 0.1) is 12.0 Å². The molecular weight excluding hydrogens is 277 g/mol. The molecule has 0 radical (unpaired) electrons. The van der Waals surface area contributed by atoms with E-state index in [4.69, 9.17) is 0 Å². The minimum Gasteiger partial charge on any atom is -0.548 e. The van der Waals surface area contributed by atoms with Crippen LogP contribution in [0.3, 0.4) is 0 Å². The van der Waals surface area contributed by atoms with Crippen molar-refractivity contribution in [1.29, 1.82) is 0 Å². The van der Waals surface area contributed by atoms with Crippen molar-refractivity contribution in [2.45, 2.75) is 84.6 Å². The fourth-order valence-electron chi connectivity index (χ4n) is 2.19. The van der Waals surface area contributed by atoms with E-state index in [1.54, 1.807) is 0 Å². The maximum Gasteiger partial charge on any atom is 1.00 e. The third kappa shape index (κ3) is 14.6. The number of hydrogen-bond donors (Lipinski definition) is 1. The number of carboxylic acids is 1. The molecule has 0 rings (SSSR count). The van der Waals surface area contributed by atoms with Gasteiger partial charge in [-0.3, -0.25) is 4.79 Å². The third-order valence-electron chi connectivity index (χ3n) is 3.33. The smallest absolute Gasteiger partial charge is 0.548 e. The molecular formula is C16H30NNaO3. The molecule has 0 saturated carbocycles. The van der Waals surface area contributed by atoms with Crippen LogP contribution in [-0.4, -0.2) is 17.9 Å². The predicted molar refractivity (Wildman–Crippen MR) is 79.0 cm³/mol. The summed E-state index contributed by atoms with van der Waals surface area (Å²) in [7, 11) is 0. The van der Waals surface area contributed by atoms with Gasteiger partial charge in [0.25, 0.3) is 0 Å². The molecule has 0 saturated heterocycles. The van der Waals surface area contributed by atoms with E-state index >= 15 is 0 Å². The number of aliphatic carboxylic acids is 1. The molecule has 21 heavy (non-hydrogen) atoms. The van der Waals surface area contributed by atoms with Gasteiger partial charge in [-0.05, 0) is 18.8 Å². The SMILES string of the molecule is CCCCCCCCCC(=O)NC(CC(C)C)C(=O)[O-].[Na+]. The minimum atomic E-state index is -1.19. The number of carbonyl (C=O) groups excluding carboxylic acids is 2. The first-order valence-corrected chi connectivity index (χ1v) is 7.97. The van der Waals surface area contributed by atoms with Crippen LogP contribution in [0.25, 0.3) is 0 Å². The molecule has 0 aliphatic heterocycles. The van der Waals surface area contributed by atoms with Crippen LogP contribution in [0, 0.1) is 5.92 Å². The van der Waals surface area contributed by atoms with Crippen molar-refractivity contribution in [1.82, 2.24) is 5.32 Å². The molecule has 118 valence electrons. The Morgan fingerprint density at radius 1 is 1.00 bits per heavy atom. The van der Waals surface area contributed by atoms with Gasteiger partial charge in [-0.1, -0.05) is 59.3 Å². The Balaban J connectivity index is 0. The zero-order valence-corrected chi connectivity index (χ0v) is 16.2. The fraction of sp³-hybridized carbons (Fsp3) is 0.875. The van der Waals surface area contributed by atoms with Crippen molar-refractivity contribution in [3.8, 4) is 0 Å². The summed E-state index contributed by atoms with van der Waals surface area (Å²) in [6.45, 7) is 6.05. The van der Waals surface area contributed by atoms with Crippen LogP contribution in [0.4, 0.5) is 0 Å². The molecule has 1 atom stereocenters. The molecule has 0 aromatic heterocycles. The molecule has 0 aromatic carbocycles. The first kappa shape index (κ1) is 23.2. The van der Waals surface area contributed by atoms with Crippen LogP contribution in [0.15, 0.2) is 0 Å². The maximum absolute atomic E-state index is 11.7. The van der Waals surface area contributed by atoms with Crippen LogP contribution < -0.4 is 40.0 Å². The Morgan fingerprint density at radius 2 is 1.52 bits per heavy atom. The Labute approximate surface area is 151 Å². The second-order valence-electron chi connectivity index (χ2n) is 5.94. The van der Waals surface area contributed by atoms with Crippen LogP contribution in [0.1, 0.15) is 78.6 Å². The predicted octanol–water partition coefficient (Wildman–Crippen LogP) is -0.588. The molecule has 4 nitrogen and oxygen atoms in total. The zero-order chi connectivity index (χ0) is 15.4. The van der Waals surface area contributed by atoms with E-state index in [-0.39, 0.29) is 41.4 Å². The Bertz CT molecular complexity index is 283. The van der Waals surface area contributed by atoms with Gasteiger partial charge in [0.2, 0.25) is 5.91 Å². The van der Waals surface area contributed by atoms with Crippen molar-refractivity contribution >= 4 is 11.9 Å². The summed E-state index contributed by atoms with van der Waals surface area (Å²) in [4.78, 5) is 22.6. The van der Waals surface area contributed by atoms with E-state index < -0.39 is 12.0 Å². The molecule has 0 heterocycles. The van der Waals surface area contributed by atoms with Gasteiger partial charge in [0.1, 0.15) is 0 Å². The number of carbonyl (C=O) groups is 2. The summed E-state index contributed by atoms with van der Waals surface area (Å²) < 4.78 is 0. The average molecular weight is 307 g/mol. The van der Waals surface area contributed by atoms with E-state index in [0.717, 1.165) is 19.3 Å². The van der Waals surface area contributed by atoms with E-state index in [1.165, 1.54) is 25.7 Å². The van der Waals surface area contributed by atoms with E-state index in [1.807, 2.05) is 13.8 Å². The third-order valence-corrected chi connectivity index (χ3v) is 3.33. The summed E-state index contributed by atoms with van der Waals surface area (Å²) in [6, 6.07) is -0.855. The first-order chi connectivity index (χ1) is 9.47. The second kappa shape index (κ2) is 14.9. The van der Waals surface area contributed by atoms with Gasteiger partial charge in [-0.25, -0.2) is 0 Å². The van der Waals surface area contributed by atoms with Crippen molar-refractivity contribution in [3.63, 3.8) is 0 Å². The molecule has 0 aliphatic carbocycles. The number of unbranched alkanes of at least 4 members (excludes halogenated alkanes) is 6. The zero-order valence-electron chi connectivity index (χ0n) is 14.2. The molecule has 5 heteroatoms. The normalized spacial score (nSPS) is 11.8.